The van der Waals surface area contributed by atoms with Gasteiger partial charge in [-0.15, -0.1) is 0 Å². The lowest BCUT2D eigenvalue weighted by molar-refractivity contribution is -0.131. The highest BCUT2D eigenvalue weighted by Crippen LogP contribution is 2.28. The summed E-state index contributed by atoms with van der Waals surface area (Å²) < 4.78 is 10.1. The number of benzene rings is 1. The van der Waals surface area contributed by atoms with E-state index in [9.17, 15) is 14.7 Å². The lowest BCUT2D eigenvalue weighted by Gasteiger charge is -2.34. The number of aromatic nitrogens is 1. The van der Waals surface area contributed by atoms with Crippen molar-refractivity contribution in [3.05, 3.63) is 42.2 Å². The van der Waals surface area contributed by atoms with Gasteiger partial charge < -0.3 is 19.7 Å². The van der Waals surface area contributed by atoms with E-state index >= 15 is 0 Å². The van der Waals surface area contributed by atoms with Gasteiger partial charge in [0.1, 0.15) is 11.9 Å². The van der Waals surface area contributed by atoms with Crippen LogP contribution in [0.5, 0.6) is 0 Å². The van der Waals surface area contributed by atoms with E-state index < -0.39 is 12.3 Å². The first-order valence-corrected chi connectivity index (χ1v) is 9.07. The molecule has 2 aromatic rings. The highest BCUT2D eigenvalue weighted by Gasteiger charge is 2.36. The minimum Gasteiger partial charge on any atom is -0.378 e. The number of nitrogens with zero attached hydrogens (tertiary/aromatic N) is 1. The van der Waals surface area contributed by atoms with Gasteiger partial charge in [0, 0.05) is 30.7 Å². The highest BCUT2D eigenvalue weighted by atomic mass is 16.5. The average molecular weight is 388 g/mol. The predicted molar refractivity (Wildman–Crippen MR) is 99.7 cm³/mol. The summed E-state index contributed by atoms with van der Waals surface area (Å²) in [6.45, 7) is 1.67. The molecule has 9 heteroatoms. The van der Waals surface area contributed by atoms with Crippen molar-refractivity contribution >= 4 is 11.8 Å². The Balaban J connectivity index is 1.43. The van der Waals surface area contributed by atoms with E-state index in [0.717, 1.165) is 5.56 Å². The van der Waals surface area contributed by atoms with Gasteiger partial charge in [-0.1, -0.05) is 35.5 Å². The lowest BCUT2D eigenvalue weighted by Crippen LogP contribution is -2.55. The fraction of sp³-hybridized carbons (Fsp3) is 0.421. The molecule has 1 aromatic heterocycles. The molecule has 2 amide bonds. The molecule has 4 N–H and O–H groups in total. The number of hydrogen-bond acceptors (Lipinski definition) is 7. The Labute approximate surface area is 162 Å². The van der Waals surface area contributed by atoms with Gasteiger partial charge in [0.05, 0.1) is 6.10 Å². The SMILES string of the molecule is CO[C@H](C)C(O)NNC(=O)[C@H]1C[C@H](NC(=O)c2cc(-c3ccccc3)no2)C1. The molecule has 9 nitrogen and oxygen atoms in total. The van der Waals surface area contributed by atoms with Crippen LogP contribution >= 0.6 is 0 Å². The fourth-order valence-corrected chi connectivity index (χ4v) is 2.83. The van der Waals surface area contributed by atoms with Crippen LogP contribution in [0, 0.1) is 5.92 Å². The third kappa shape index (κ3) is 4.75. The van der Waals surface area contributed by atoms with Crippen molar-refractivity contribution in [3.63, 3.8) is 0 Å². The summed E-state index contributed by atoms with van der Waals surface area (Å²) in [5.41, 5.74) is 6.42. The highest BCUT2D eigenvalue weighted by molar-refractivity contribution is 5.92. The summed E-state index contributed by atoms with van der Waals surface area (Å²) >= 11 is 0. The van der Waals surface area contributed by atoms with Crippen molar-refractivity contribution < 1.29 is 24.0 Å². The number of amides is 2. The van der Waals surface area contributed by atoms with Gasteiger partial charge in [0.2, 0.25) is 11.7 Å². The molecule has 1 fully saturated rings. The van der Waals surface area contributed by atoms with Crippen molar-refractivity contribution in [2.24, 2.45) is 5.92 Å². The number of methoxy groups -OCH3 is 1. The van der Waals surface area contributed by atoms with E-state index in [-0.39, 0.29) is 29.5 Å². The molecule has 1 aromatic carbocycles. The Morgan fingerprint density at radius 2 is 2.00 bits per heavy atom. The molecule has 28 heavy (non-hydrogen) atoms. The molecule has 0 aliphatic heterocycles. The van der Waals surface area contributed by atoms with Crippen LogP contribution in [0.15, 0.2) is 40.9 Å². The number of hydrazine groups is 1. The molecule has 0 radical (unpaired) electrons. The molecule has 1 aliphatic carbocycles. The second-order valence-corrected chi connectivity index (χ2v) is 6.80. The summed E-state index contributed by atoms with van der Waals surface area (Å²) in [4.78, 5) is 24.3. The van der Waals surface area contributed by atoms with E-state index in [2.05, 4.69) is 21.3 Å². The number of aliphatic hydroxyl groups is 1. The summed E-state index contributed by atoms with van der Waals surface area (Å²) in [6.07, 6.45) is -0.449. The maximum Gasteiger partial charge on any atom is 0.290 e. The van der Waals surface area contributed by atoms with E-state index in [1.165, 1.54) is 7.11 Å². The zero-order valence-corrected chi connectivity index (χ0v) is 15.7. The van der Waals surface area contributed by atoms with Crippen LogP contribution in [-0.4, -0.2) is 47.6 Å². The van der Waals surface area contributed by atoms with Gasteiger partial charge in [-0.2, -0.15) is 0 Å². The maximum atomic E-state index is 12.3. The van der Waals surface area contributed by atoms with Crippen LogP contribution in [0.2, 0.25) is 0 Å². The number of ether oxygens (including phenoxy) is 1. The molecule has 0 saturated heterocycles. The Morgan fingerprint density at radius 3 is 2.68 bits per heavy atom. The van der Waals surface area contributed by atoms with Crippen molar-refractivity contribution in [2.45, 2.75) is 38.1 Å². The molecule has 0 bridgehead atoms. The second kappa shape index (κ2) is 8.96. The van der Waals surface area contributed by atoms with Crippen LogP contribution in [0.1, 0.15) is 30.3 Å². The normalized spacial score (nSPS) is 20.7. The molecule has 1 unspecified atom stereocenters. The topological polar surface area (TPSA) is 126 Å². The first-order chi connectivity index (χ1) is 13.5. The van der Waals surface area contributed by atoms with Crippen molar-refractivity contribution in [2.75, 3.05) is 7.11 Å². The average Bonchev–Trinajstić information content (AvgIpc) is 3.18. The smallest absolute Gasteiger partial charge is 0.290 e. The fourth-order valence-electron chi connectivity index (χ4n) is 2.83. The third-order valence-electron chi connectivity index (χ3n) is 4.81. The zero-order valence-electron chi connectivity index (χ0n) is 15.7. The number of hydrogen-bond donors (Lipinski definition) is 4. The second-order valence-electron chi connectivity index (χ2n) is 6.80. The molecule has 1 saturated carbocycles. The maximum absolute atomic E-state index is 12.3. The Kier molecular flexibility index (Phi) is 6.40. The standard InChI is InChI=1S/C19H24N4O5/c1-11(27-2)17(24)21-22-18(25)13-8-14(9-13)20-19(26)16-10-15(23-28-16)12-6-4-3-5-7-12/h3-7,10-11,13-14,17,21,24H,8-9H2,1-2H3,(H,20,26)(H,22,25)/t11-,13-,14-,17?/m1/s1. The zero-order chi connectivity index (χ0) is 20.1. The summed E-state index contributed by atoms with van der Waals surface area (Å²) in [5, 5.41) is 16.4. The van der Waals surface area contributed by atoms with Gasteiger partial charge in [-0.05, 0) is 19.8 Å². The molecule has 3 rings (SSSR count). The first-order valence-electron chi connectivity index (χ1n) is 9.07. The third-order valence-corrected chi connectivity index (χ3v) is 4.81. The van der Waals surface area contributed by atoms with E-state index in [1.807, 2.05) is 30.3 Å². The number of carbonyl (C=O) groups excluding carboxylic acids is 2. The predicted octanol–water partition coefficient (Wildman–Crippen LogP) is 0.824. The molecule has 150 valence electrons. The minimum absolute atomic E-state index is 0.114. The van der Waals surface area contributed by atoms with Crippen LogP contribution in [-0.2, 0) is 9.53 Å². The number of carbonyl (C=O) groups is 2. The van der Waals surface area contributed by atoms with Gasteiger partial charge in [-0.3, -0.25) is 15.0 Å². The van der Waals surface area contributed by atoms with Gasteiger partial charge in [0.25, 0.3) is 5.91 Å². The van der Waals surface area contributed by atoms with Crippen molar-refractivity contribution in [3.8, 4) is 11.3 Å². The molecular weight excluding hydrogens is 364 g/mol. The molecule has 1 heterocycles. The van der Waals surface area contributed by atoms with Gasteiger partial charge in [0.15, 0.2) is 0 Å². The molecule has 0 spiro atoms. The van der Waals surface area contributed by atoms with E-state index in [0.29, 0.717) is 18.5 Å². The van der Waals surface area contributed by atoms with Crippen LogP contribution < -0.4 is 16.2 Å². The molecule has 1 aliphatic rings. The largest absolute Gasteiger partial charge is 0.378 e. The van der Waals surface area contributed by atoms with Crippen LogP contribution in [0.4, 0.5) is 0 Å². The van der Waals surface area contributed by atoms with Crippen LogP contribution in [0.3, 0.4) is 0 Å². The Hall–Kier alpha value is -2.75. The van der Waals surface area contributed by atoms with E-state index in [4.69, 9.17) is 9.26 Å². The number of nitrogens with one attached hydrogen (secondary N) is 3. The van der Waals surface area contributed by atoms with Crippen molar-refractivity contribution in [1.29, 1.82) is 0 Å². The number of rotatable bonds is 8. The Bertz CT molecular complexity index is 804. The first kappa shape index (κ1) is 20.0. The molecule has 2 atom stereocenters. The number of aliphatic hydroxyl groups excluding tert-OH is 1. The monoisotopic (exact) mass is 388 g/mol. The van der Waals surface area contributed by atoms with Crippen molar-refractivity contribution in [1.82, 2.24) is 21.3 Å². The van der Waals surface area contributed by atoms with E-state index in [1.54, 1.807) is 13.0 Å². The van der Waals surface area contributed by atoms with Gasteiger partial charge >= 0.3 is 0 Å². The van der Waals surface area contributed by atoms with Gasteiger partial charge in [-0.25, -0.2) is 5.43 Å². The molecular formula is C19H24N4O5. The summed E-state index contributed by atoms with van der Waals surface area (Å²) in [6, 6.07) is 10.9. The minimum atomic E-state index is -1.00. The quantitative estimate of drug-likeness (QED) is 0.390. The van der Waals surface area contributed by atoms with Crippen LogP contribution in [0.25, 0.3) is 11.3 Å². The Morgan fingerprint density at radius 1 is 1.29 bits per heavy atom. The lowest BCUT2D eigenvalue weighted by atomic mass is 9.79. The summed E-state index contributed by atoms with van der Waals surface area (Å²) in [5.74, 6) is -0.706. The summed E-state index contributed by atoms with van der Waals surface area (Å²) in [7, 11) is 1.47.